The average molecular weight is 397 g/mol. The molecule has 0 saturated carbocycles. The summed E-state index contributed by atoms with van der Waals surface area (Å²) >= 11 is 9.08. The van der Waals surface area contributed by atoms with Crippen molar-refractivity contribution in [2.45, 2.75) is 24.7 Å². The van der Waals surface area contributed by atoms with E-state index >= 15 is 0 Å². The van der Waals surface area contributed by atoms with Crippen molar-refractivity contribution >= 4 is 37.6 Å². The van der Waals surface area contributed by atoms with Gasteiger partial charge in [0, 0.05) is 23.8 Å². The van der Waals surface area contributed by atoms with Gasteiger partial charge in [-0.3, -0.25) is 0 Å². The number of rotatable bonds is 6. The summed E-state index contributed by atoms with van der Waals surface area (Å²) in [6, 6.07) is 1.46. The van der Waals surface area contributed by atoms with Gasteiger partial charge in [0.1, 0.15) is 10.0 Å². The molecular formula is C13H19BrClN3O2S. The number of sulfonamides is 1. The van der Waals surface area contributed by atoms with Gasteiger partial charge in [-0.2, -0.15) is 0 Å². The number of hydrogen-bond donors (Lipinski definition) is 1. The molecule has 0 spiro atoms. The first-order valence-electron chi connectivity index (χ1n) is 6.91. The number of pyridine rings is 1. The van der Waals surface area contributed by atoms with Crippen LogP contribution in [-0.2, 0) is 10.0 Å². The second kappa shape index (κ2) is 7.37. The van der Waals surface area contributed by atoms with E-state index < -0.39 is 10.0 Å². The minimum atomic E-state index is -3.64. The van der Waals surface area contributed by atoms with E-state index in [1.807, 2.05) is 6.92 Å². The van der Waals surface area contributed by atoms with E-state index in [-0.39, 0.29) is 16.0 Å². The number of aromatic nitrogens is 1. The summed E-state index contributed by atoms with van der Waals surface area (Å²) in [5.74, 6) is 0.247. The quantitative estimate of drug-likeness (QED) is 0.751. The Morgan fingerprint density at radius 2 is 2.14 bits per heavy atom. The maximum atomic E-state index is 12.3. The minimum absolute atomic E-state index is 0.00640. The smallest absolute Gasteiger partial charge is 0.243 e. The second-order valence-electron chi connectivity index (χ2n) is 5.41. The van der Waals surface area contributed by atoms with Crippen LogP contribution < -0.4 is 4.72 Å². The van der Waals surface area contributed by atoms with Gasteiger partial charge in [0.15, 0.2) is 0 Å². The summed E-state index contributed by atoms with van der Waals surface area (Å²) in [5.41, 5.74) is 0. The highest BCUT2D eigenvalue weighted by molar-refractivity contribution is 9.10. The number of hydrogen-bond acceptors (Lipinski definition) is 4. The van der Waals surface area contributed by atoms with Gasteiger partial charge in [0.05, 0.1) is 0 Å². The van der Waals surface area contributed by atoms with Crippen molar-refractivity contribution in [2.24, 2.45) is 5.92 Å². The number of likely N-dealkylation sites (tertiary alicyclic amines) is 1. The van der Waals surface area contributed by atoms with E-state index in [4.69, 9.17) is 11.6 Å². The third-order valence-electron chi connectivity index (χ3n) is 3.45. The van der Waals surface area contributed by atoms with E-state index in [9.17, 15) is 8.42 Å². The monoisotopic (exact) mass is 395 g/mol. The zero-order valence-electron chi connectivity index (χ0n) is 11.8. The number of nitrogens with one attached hydrogen (secondary N) is 1. The molecule has 118 valence electrons. The lowest BCUT2D eigenvalue weighted by molar-refractivity contribution is 0.288. The molecule has 8 heteroatoms. The Morgan fingerprint density at radius 3 is 2.81 bits per heavy atom. The molecule has 1 saturated heterocycles. The van der Waals surface area contributed by atoms with Gasteiger partial charge in [-0.25, -0.2) is 18.1 Å². The van der Waals surface area contributed by atoms with Gasteiger partial charge in [-0.1, -0.05) is 18.5 Å². The molecule has 1 unspecified atom stereocenters. The molecule has 1 aliphatic rings. The first kappa shape index (κ1) is 17.1. The number of halogens is 2. The Labute approximate surface area is 139 Å². The highest BCUT2D eigenvalue weighted by Crippen LogP contribution is 2.22. The molecule has 2 rings (SSSR count). The van der Waals surface area contributed by atoms with Crippen LogP contribution in [0.25, 0.3) is 0 Å². The van der Waals surface area contributed by atoms with Crippen molar-refractivity contribution < 1.29 is 8.42 Å². The lowest BCUT2D eigenvalue weighted by Crippen LogP contribution is -2.34. The molecule has 1 aliphatic heterocycles. The maximum absolute atomic E-state index is 12.3. The zero-order valence-corrected chi connectivity index (χ0v) is 15.0. The van der Waals surface area contributed by atoms with Gasteiger partial charge in [0.25, 0.3) is 0 Å². The second-order valence-corrected chi connectivity index (χ2v) is 8.42. The lowest BCUT2D eigenvalue weighted by atomic mass is 10.2. The van der Waals surface area contributed by atoms with Gasteiger partial charge in [-0.15, -0.1) is 0 Å². The summed E-state index contributed by atoms with van der Waals surface area (Å²) in [6.45, 7) is 5.56. The highest BCUT2D eigenvalue weighted by Gasteiger charge is 2.21. The Bertz CT molecular complexity index is 591. The zero-order chi connectivity index (χ0) is 15.5. The normalized spacial score (nSPS) is 18.0. The van der Waals surface area contributed by atoms with Gasteiger partial charge < -0.3 is 4.90 Å². The molecule has 1 atom stereocenters. The molecule has 0 radical (unpaired) electrons. The fourth-order valence-corrected chi connectivity index (χ4v) is 4.50. The third kappa shape index (κ3) is 4.89. The third-order valence-corrected chi connectivity index (χ3v) is 5.74. The van der Waals surface area contributed by atoms with Crippen molar-refractivity contribution in [3.63, 3.8) is 0 Å². The van der Waals surface area contributed by atoms with E-state index in [2.05, 4.69) is 30.5 Å². The van der Waals surface area contributed by atoms with Gasteiger partial charge >= 0.3 is 0 Å². The van der Waals surface area contributed by atoms with E-state index in [0.717, 1.165) is 19.6 Å². The Kier molecular flexibility index (Phi) is 6.02. The van der Waals surface area contributed by atoms with Crippen LogP contribution in [0.1, 0.15) is 19.8 Å². The van der Waals surface area contributed by atoms with Crippen LogP contribution >= 0.6 is 27.5 Å². The van der Waals surface area contributed by atoms with Crippen molar-refractivity contribution in [1.29, 1.82) is 0 Å². The van der Waals surface area contributed by atoms with Gasteiger partial charge in [-0.05, 0) is 53.8 Å². The summed E-state index contributed by atoms with van der Waals surface area (Å²) in [6.07, 6.45) is 3.94. The van der Waals surface area contributed by atoms with Crippen LogP contribution in [0.2, 0.25) is 5.15 Å². The van der Waals surface area contributed by atoms with E-state index in [1.165, 1.54) is 25.1 Å². The average Bonchev–Trinajstić information content (AvgIpc) is 2.92. The highest BCUT2D eigenvalue weighted by atomic mass is 79.9. The summed E-state index contributed by atoms with van der Waals surface area (Å²) in [5, 5.41) is -0.0158. The van der Waals surface area contributed by atoms with Crippen molar-refractivity contribution in [1.82, 2.24) is 14.6 Å². The number of nitrogens with zero attached hydrogens (tertiary/aromatic N) is 2. The standard InChI is InChI=1S/C13H19BrClN3O2S/c1-10(9-18-4-2-3-5-18)7-17-21(19,20)12-6-11(14)8-16-13(12)15/h6,8,10,17H,2-5,7,9H2,1H3. The molecule has 0 aromatic carbocycles. The largest absolute Gasteiger partial charge is 0.303 e. The minimum Gasteiger partial charge on any atom is -0.303 e. The molecule has 1 N–H and O–H groups in total. The van der Waals surface area contributed by atoms with Crippen LogP contribution in [0.5, 0.6) is 0 Å². The van der Waals surface area contributed by atoms with Crippen LogP contribution in [0, 0.1) is 5.92 Å². The Balaban J connectivity index is 1.95. The Hall–Kier alpha value is -0.210. The predicted molar refractivity (Wildman–Crippen MR) is 87.0 cm³/mol. The van der Waals surface area contributed by atoms with E-state index in [0.29, 0.717) is 11.0 Å². The van der Waals surface area contributed by atoms with E-state index in [1.54, 1.807) is 0 Å². The first-order chi connectivity index (χ1) is 9.88. The summed E-state index contributed by atoms with van der Waals surface area (Å²) in [7, 11) is -3.64. The molecule has 2 heterocycles. The maximum Gasteiger partial charge on any atom is 0.243 e. The Morgan fingerprint density at radius 1 is 1.48 bits per heavy atom. The fourth-order valence-electron chi connectivity index (χ4n) is 2.39. The summed E-state index contributed by atoms with van der Waals surface area (Å²) in [4.78, 5) is 6.22. The molecule has 5 nitrogen and oxygen atoms in total. The molecule has 1 fully saturated rings. The van der Waals surface area contributed by atoms with Gasteiger partial charge in [0.2, 0.25) is 10.0 Å². The van der Waals surface area contributed by atoms with Crippen molar-refractivity contribution in [2.75, 3.05) is 26.2 Å². The predicted octanol–water partition coefficient (Wildman–Crippen LogP) is 2.51. The molecule has 0 bridgehead atoms. The van der Waals surface area contributed by atoms with Crippen LogP contribution in [-0.4, -0.2) is 44.5 Å². The van der Waals surface area contributed by atoms with Crippen LogP contribution in [0.15, 0.2) is 21.6 Å². The van der Waals surface area contributed by atoms with Crippen LogP contribution in [0.3, 0.4) is 0 Å². The fraction of sp³-hybridized carbons (Fsp3) is 0.615. The summed E-state index contributed by atoms with van der Waals surface area (Å²) < 4.78 is 27.8. The SMILES string of the molecule is CC(CNS(=O)(=O)c1cc(Br)cnc1Cl)CN1CCCC1. The molecular weight excluding hydrogens is 378 g/mol. The topological polar surface area (TPSA) is 62.3 Å². The first-order valence-corrected chi connectivity index (χ1v) is 9.57. The molecule has 21 heavy (non-hydrogen) atoms. The van der Waals surface area contributed by atoms with Crippen molar-refractivity contribution in [3.8, 4) is 0 Å². The lowest BCUT2D eigenvalue weighted by Gasteiger charge is -2.20. The van der Waals surface area contributed by atoms with Crippen molar-refractivity contribution in [3.05, 3.63) is 21.9 Å². The molecule has 1 aromatic heterocycles. The molecule has 0 aliphatic carbocycles. The van der Waals surface area contributed by atoms with Crippen LogP contribution in [0.4, 0.5) is 0 Å². The molecule has 0 amide bonds. The molecule has 1 aromatic rings.